The van der Waals surface area contributed by atoms with Gasteiger partial charge >= 0.3 is 0 Å². The summed E-state index contributed by atoms with van der Waals surface area (Å²) in [5.41, 5.74) is 12.3. The highest BCUT2D eigenvalue weighted by Gasteiger charge is 2.03. The molecule has 0 aromatic carbocycles. The van der Waals surface area contributed by atoms with Crippen LogP contribution in [0.5, 0.6) is 0 Å². The second-order valence-electron chi connectivity index (χ2n) is 2.24. The third kappa shape index (κ3) is 1.80. The lowest BCUT2D eigenvalue weighted by Crippen LogP contribution is -2.14. The second kappa shape index (κ2) is 3.71. The fraction of sp³-hybridized carbons (Fsp3) is 0.429. The van der Waals surface area contributed by atoms with Crippen molar-refractivity contribution in [2.24, 2.45) is 11.5 Å². The Morgan fingerprint density at radius 1 is 1.60 bits per heavy atom. The number of nitrogens with two attached hydrogens (primary N) is 2. The van der Waals surface area contributed by atoms with Gasteiger partial charge in [-0.15, -0.1) is 0 Å². The van der Waals surface area contributed by atoms with Gasteiger partial charge in [-0.25, -0.2) is 0 Å². The molecule has 0 amide bonds. The van der Waals surface area contributed by atoms with Gasteiger partial charge in [0.05, 0.1) is 0 Å². The molecule has 3 heteroatoms. The molecule has 0 aliphatic heterocycles. The van der Waals surface area contributed by atoms with Crippen LogP contribution in [0.25, 0.3) is 0 Å². The Balaban J connectivity index is 2.50. The standard InChI is InChI=1S/C7H12N2S/c8-3-1-7(9)6-2-4-10-5-6/h2,4-5,7H,1,3,8-9H2/t7-/m0/s1. The molecule has 0 bridgehead atoms. The first-order valence-electron chi connectivity index (χ1n) is 3.32. The maximum Gasteiger partial charge on any atom is 0.0315 e. The van der Waals surface area contributed by atoms with Gasteiger partial charge in [-0.1, -0.05) is 0 Å². The zero-order valence-electron chi connectivity index (χ0n) is 5.79. The molecule has 0 radical (unpaired) electrons. The van der Waals surface area contributed by atoms with Crippen LogP contribution in [0.2, 0.25) is 0 Å². The zero-order valence-corrected chi connectivity index (χ0v) is 6.60. The van der Waals surface area contributed by atoms with Gasteiger partial charge in [0.25, 0.3) is 0 Å². The van der Waals surface area contributed by atoms with Gasteiger partial charge in [0.1, 0.15) is 0 Å². The van der Waals surface area contributed by atoms with Gasteiger partial charge in [0.15, 0.2) is 0 Å². The van der Waals surface area contributed by atoms with Crippen molar-refractivity contribution < 1.29 is 0 Å². The summed E-state index contributed by atoms with van der Waals surface area (Å²) in [6, 6.07) is 2.18. The Kier molecular flexibility index (Phi) is 2.86. The van der Waals surface area contributed by atoms with Crippen molar-refractivity contribution >= 4 is 11.3 Å². The third-order valence-corrected chi connectivity index (χ3v) is 2.15. The number of hydrogen-bond acceptors (Lipinski definition) is 3. The number of thiophene rings is 1. The van der Waals surface area contributed by atoms with Crippen molar-refractivity contribution in [2.75, 3.05) is 6.54 Å². The van der Waals surface area contributed by atoms with E-state index in [4.69, 9.17) is 11.5 Å². The average Bonchev–Trinajstić information content (AvgIpc) is 2.38. The molecule has 1 atom stereocenters. The average molecular weight is 156 g/mol. The van der Waals surface area contributed by atoms with Crippen LogP contribution in [0.4, 0.5) is 0 Å². The van der Waals surface area contributed by atoms with E-state index in [2.05, 4.69) is 5.38 Å². The smallest absolute Gasteiger partial charge is 0.0315 e. The highest BCUT2D eigenvalue weighted by molar-refractivity contribution is 7.07. The van der Waals surface area contributed by atoms with E-state index in [9.17, 15) is 0 Å². The summed E-state index contributed by atoms with van der Waals surface area (Å²) in [6.07, 6.45) is 0.872. The van der Waals surface area contributed by atoms with E-state index in [-0.39, 0.29) is 6.04 Å². The minimum absolute atomic E-state index is 0.135. The molecular formula is C7H12N2S. The van der Waals surface area contributed by atoms with Crippen molar-refractivity contribution in [1.29, 1.82) is 0 Å². The predicted molar refractivity (Wildman–Crippen MR) is 44.9 cm³/mol. The summed E-state index contributed by atoms with van der Waals surface area (Å²) in [5.74, 6) is 0. The monoisotopic (exact) mass is 156 g/mol. The molecule has 4 N–H and O–H groups in total. The van der Waals surface area contributed by atoms with Crippen molar-refractivity contribution in [3.8, 4) is 0 Å². The van der Waals surface area contributed by atoms with Crippen LogP contribution >= 0.6 is 11.3 Å². The molecule has 1 heterocycles. The van der Waals surface area contributed by atoms with E-state index in [1.807, 2.05) is 11.4 Å². The van der Waals surface area contributed by atoms with E-state index < -0.39 is 0 Å². The van der Waals surface area contributed by atoms with Gasteiger partial charge in [-0.05, 0) is 35.4 Å². The van der Waals surface area contributed by atoms with Crippen LogP contribution in [0.15, 0.2) is 16.8 Å². The Morgan fingerprint density at radius 2 is 2.40 bits per heavy atom. The Labute approximate surface area is 64.8 Å². The Hall–Kier alpha value is -0.380. The number of hydrogen-bond donors (Lipinski definition) is 2. The van der Waals surface area contributed by atoms with Crippen LogP contribution in [-0.2, 0) is 0 Å². The highest BCUT2D eigenvalue weighted by atomic mass is 32.1. The van der Waals surface area contributed by atoms with Crippen molar-refractivity contribution in [1.82, 2.24) is 0 Å². The van der Waals surface area contributed by atoms with E-state index in [0.29, 0.717) is 6.54 Å². The fourth-order valence-electron chi connectivity index (χ4n) is 0.832. The summed E-state index contributed by atoms with van der Waals surface area (Å²) < 4.78 is 0. The molecular weight excluding hydrogens is 144 g/mol. The molecule has 0 aliphatic rings. The molecule has 56 valence electrons. The van der Waals surface area contributed by atoms with Crippen molar-refractivity contribution in [2.45, 2.75) is 12.5 Å². The zero-order chi connectivity index (χ0) is 7.40. The van der Waals surface area contributed by atoms with Gasteiger partial charge in [0.2, 0.25) is 0 Å². The lowest BCUT2D eigenvalue weighted by Gasteiger charge is -2.06. The molecule has 0 fully saturated rings. The summed E-state index contributed by atoms with van der Waals surface area (Å²) in [6.45, 7) is 0.664. The lowest BCUT2D eigenvalue weighted by atomic mass is 10.1. The largest absolute Gasteiger partial charge is 0.330 e. The predicted octanol–water partition coefficient (Wildman–Crippen LogP) is 1.10. The normalized spacial score (nSPS) is 13.4. The molecule has 0 saturated carbocycles. The molecule has 0 spiro atoms. The molecule has 1 rings (SSSR count). The first-order chi connectivity index (χ1) is 4.84. The van der Waals surface area contributed by atoms with Crippen molar-refractivity contribution in [3.63, 3.8) is 0 Å². The van der Waals surface area contributed by atoms with E-state index in [1.165, 1.54) is 5.56 Å². The van der Waals surface area contributed by atoms with Crippen LogP contribution < -0.4 is 11.5 Å². The minimum Gasteiger partial charge on any atom is -0.330 e. The molecule has 2 nitrogen and oxygen atoms in total. The van der Waals surface area contributed by atoms with Gasteiger partial charge in [-0.3, -0.25) is 0 Å². The van der Waals surface area contributed by atoms with Gasteiger partial charge < -0.3 is 11.5 Å². The molecule has 10 heavy (non-hydrogen) atoms. The Morgan fingerprint density at radius 3 is 2.90 bits per heavy atom. The van der Waals surface area contributed by atoms with E-state index >= 15 is 0 Å². The summed E-state index contributed by atoms with van der Waals surface area (Å²) in [4.78, 5) is 0. The highest BCUT2D eigenvalue weighted by Crippen LogP contribution is 2.15. The van der Waals surface area contributed by atoms with Gasteiger partial charge in [0, 0.05) is 6.04 Å². The van der Waals surface area contributed by atoms with Crippen LogP contribution in [0, 0.1) is 0 Å². The molecule has 0 aliphatic carbocycles. The first-order valence-corrected chi connectivity index (χ1v) is 4.26. The number of rotatable bonds is 3. The summed E-state index contributed by atoms with van der Waals surface area (Å²) in [7, 11) is 0. The molecule has 1 aromatic heterocycles. The molecule has 0 saturated heterocycles. The summed E-state index contributed by atoms with van der Waals surface area (Å²) >= 11 is 1.67. The van der Waals surface area contributed by atoms with Crippen LogP contribution in [0.3, 0.4) is 0 Å². The maximum atomic E-state index is 5.78. The topological polar surface area (TPSA) is 52.0 Å². The lowest BCUT2D eigenvalue weighted by molar-refractivity contribution is 0.663. The van der Waals surface area contributed by atoms with E-state index in [1.54, 1.807) is 11.3 Å². The Bertz CT molecular complexity index is 172. The summed E-state index contributed by atoms with van der Waals surface area (Å²) in [5, 5.41) is 4.10. The first kappa shape index (κ1) is 7.72. The van der Waals surface area contributed by atoms with Crippen LogP contribution in [0.1, 0.15) is 18.0 Å². The second-order valence-corrected chi connectivity index (χ2v) is 3.02. The third-order valence-electron chi connectivity index (χ3n) is 1.45. The van der Waals surface area contributed by atoms with Crippen LogP contribution in [-0.4, -0.2) is 6.54 Å². The fourth-order valence-corrected chi connectivity index (χ4v) is 1.56. The quantitative estimate of drug-likeness (QED) is 0.688. The van der Waals surface area contributed by atoms with Crippen molar-refractivity contribution in [3.05, 3.63) is 22.4 Å². The maximum absolute atomic E-state index is 5.78. The van der Waals surface area contributed by atoms with E-state index in [0.717, 1.165) is 6.42 Å². The molecule has 1 aromatic rings. The minimum atomic E-state index is 0.135. The SMILES string of the molecule is NCC[C@H](N)c1ccsc1. The van der Waals surface area contributed by atoms with Gasteiger partial charge in [-0.2, -0.15) is 11.3 Å². The molecule has 0 unspecified atom stereocenters.